The Morgan fingerprint density at radius 1 is 1.22 bits per heavy atom. The number of nitro benzene ring substituents is 1. The second-order valence-electron chi connectivity index (χ2n) is 6.71. The number of nitrogens with zero attached hydrogens (tertiary/aromatic N) is 4. The third-order valence-corrected chi connectivity index (χ3v) is 4.69. The fourth-order valence-electron chi connectivity index (χ4n) is 3.31. The topological polar surface area (TPSA) is 98.5 Å². The van der Waals surface area contributed by atoms with E-state index in [2.05, 4.69) is 9.97 Å². The number of amides is 1. The first-order chi connectivity index (χ1) is 12.8. The Morgan fingerprint density at radius 3 is 2.56 bits per heavy atom. The molecule has 1 aliphatic heterocycles. The first kappa shape index (κ1) is 18.8. The lowest BCUT2D eigenvalue weighted by Gasteiger charge is -2.32. The van der Waals surface area contributed by atoms with Crippen molar-refractivity contribution in [2.75, 3.05) is 13.1 Å². The molecule has 2 heterocycles. The molecule has 1 aliphatic rings. The number of ether oxygens (including phenoxy) is 1. The van der Waals surface area contributed by atoms with Crippen LogP contribution in [0, 0.1) is 30.9 Å². The molecule has 27 heavy (non-hydrogen) atoms. The van der Waals surface area contributed by atoms with Crippen molar-refractivity contribution in [2.45, 2.75) is 39.7 Å². The van der Waals surface area contributed by atoms with Crippen molar-refractivity contribution >= 4 is 11.6 Å². The summed E-state index contributed by atoms with van der Waals surface area (Å²) in [7, 11) is 0. The molecule has 0 N–H and O–H groups in total. The van der Waals surface area contributed by atoms with Gasteiger partial charge in [0, 0.05) is 54.9 Å². The molecule has 0 atom stereocenters. The first-order valence-electron chi connectivity index (χ1n) is 8.87. The highest BCUT2D eigenvalue weighted by Gasteiger charge is 2.27. The van der Waals surface area contributed by atoms with Gasteiger partial charge in [0.05, 0.1) is 4.92 Å². The van der Waals surface area contributed by atoms with Crippen molar-refractivity contribution in [3.8, 4) is 5.88 Å². The van der Waals surface area contributed by atoms with Gasteiger partial charge in [0.2, 0.25) is 5.88 Å². The fraction of sp³-hybridized carbons (Fsp3) is 0.421. The number of aromatic nitrogens is 2. The Morgan fingerprint density at radius 2 is 1.93 bits per heavy atom. The summed E-state index contributed by atoms with van der Waals surface area (Å²) in [4.78, 5) is 33.7. The number of benzene rings is 1. The SMILES string of the molecule is Cc1cc(OC2CCN(C(=O)c3cccc([N+](=O)[O-])c3C)CC2)nc(C)n1. The van der Waals surface area contributed by atoms with E-state index in [4.69, 9.17) is 4.74 Å². The Kier molecular flexibility index (Phi) is 5.34. The fourth-order valence-corrected chi connectivity index (χ4v) is 3.31. The number of nitro groups is 1. The van der Waals surface area contributed by atoms with Gasteiger partial charge in [-0.2, -0.15) is 4.98 Å². The predicted octanol–water partition coefficient (Wildman–Crippen LogP) is 2.99. The molecule has 1 saturated heterocycles. The summed E-state index contributed by atoms with van der Waals surface area (Å²) in [6.07, 6.45) is 1.35. The summed E-state index contributed by atoms with van der Waals surface area (Å²) in [5.41, 5.74) is 1.60. The minimum absolute atomic E-state index is 0.0195. The molecule has 1 fully saturated rings. The highest BCUT2D eigenvalue weighted by molar-refractivity contribution is 5.96. The van der Waals surface area contributed by atoms with Crippen LogP contribution in [0.15, 0.2) is 24.3 Å². The van der Waals surface area contributed by atoms with Crippen molar-refractivity contribution in [2.24, 2.45) is 0 Å². The second-order valence-corrected chi connectivity index (χ2v) is 6.71. The van der Waals surface area contributed by atoms with Gasteiger partial charge < -0.3 is 9.64 Å². The minimum atomic E-state index is -0.460. The maximum Gasteiger partial charge on any atom is 0.273 e. The number of rotatable bonds is 4. The summed E-state index contributed by atoms with van der Waals surface area (Å²) in [6, 6.07) is 6.41. The largest absolute Gasteiger partial charge is 0.474 e. The maximum atomic E-state index is 12.8. The first-order valence-corrected chi connectivity index (χ1v) is 8.87. The normalized spacial score (nSPS) is 14.9. The van der Waals surface area contributed by atoms with E-state index in [1.807, 2.05) is 13.8 Å². The monoisotopic (exact) mass is 370 g/mol. The van der Waals surface area contributed by atoms with Crippen LogP contribution in [0.1, 0.15) is 40.3 Å². The zero-order valence-corrected chi connectivity index (χ0v) is 15.6. The third-order valence-electron chi connectivity index (χ3n) is 4.69. The van der Waals surface area contributed by atoms with Gasteiger partial charge in [0.15, 0.2) is 0 Å². The number of likely N-dealkylation sites (tertiary alicyclic amines) is 1. The molecule has 8 heteroatoms. The van der Waals surface area contributed by atoms with E-state index in [1.54, 1.807) is 30.0 Å². The molecule has 1 aromatic heterocycles. The molecule has 3 rings (SSSR count). The molecule has 0 bridgehead atoms. The molecule has 8 nitrogen and oxygen atoms in total. The minimum Gasteiger partial charge on any atom is -0.474 e. The van der Waals surface area contributed by atoms with Gasteiger partial charge in [-0.25, -0.2) is 4.98 Å². The number of hydrogen-bond donors (Lipinski definition) is 0. The summed E-state index contributed by atoms with van der Waals surface area (Å²) in [5.74, 6) is 1.04. The highest BCUT2D eigenvalue weighted by Crippen LogP contribution is 2.24. The van der Waals surface area contributed by atoms with E-state index >= 15 is 0 Å². The van der Waals surface area contributed by atoms with E-state index in [9.17, 15) is 14.9 Å². The van der Waals surface area contributed by atoms with Crippen LogP contribution in [0.2, 0.25) is 0 Å². The molecule has 0 unspecified atom stereocenters. The van der Waals surface area contributed by atoms with Gasteiger partial charge in [0.1, 0.15) is 11.9 Å². The Hall–Kier alpha value is -3.03. The Bertz CT molecular complexity index is 856. The van der Waals surface area contributed by atoms with Gasteiger partial charge in [-0.15, -0.1) is 0 Å². The van der Waals surface area contributed by atoms with Crippen molar-refractivity contribution < 1.29 is 14.5 Å². The zero-order valence-electron chi connectivity index (χ0n) is 15.6. The van der Waals surface area contributed by atoms with E-state index < -0.39 is 4.92 Å². The van der Waals surface area contributed by atoms with E-state index in [0.717, 1.165) is 5.69 Å². The number of aryl methyl sites for hydroxylation is 2. The number of hydrogen-bond acceptors (Lipinski definition) is 6. The molecular weight excluding hydrogens is 348 g/mol. The molecule has 0 saturated carbocycles. The quantitative estimate of drug-likeness (QED) is 0.606. The Balaban J connectivity index is 1.64. The Labute approximate surface area is 157 Å². The van der Waals surface area contributed by atoms with E-state index in [-0.39, 0.29) is 17.7 Å². The molecule has 142 valence electrons. The van der Waals surface area contributed by atoms with Crippen molar-refractivity contribution in [1.29, 1.82) is 0 Å². The predicted molar refractivity (Wildman–Crippen MR) is 98.9 cm³/mol. The van der Waals surface area contributed by atoms with Crippen molar-refractivity contribution in [3.05, 3.63) is 57.0 Å². The van der Waals surface area contributed by atoms with Crippen LogP contribution in [-0.4, -0.2) is 44.9 Å². The number of carbonyl (C=O) groups excluding carboxylic acids is 1. The van der Waals surface area contributed by atoms with Crippen LogP contribution in [0.3, 0.4) is 0 Å². The number of carbonyl (C=O) groups is 1. The van der Waals surface area contributed by atoms with Crippen LogP contribution < -0.4 is 4.74 Å². The van der Waals surface area contributed by atoms with Crippen LogP contribution in [0.5, 0.6) is 5.88 Å². The molecule has 0 aliphatic carbocycles. The summed E-state index contributed by atoms with van der Waals surface area (Å²) in [6.45, 7) is 6.40. The van der Waals surface area contributed by atoms with Crippen LogP contribution in [0.4, 0.5) is 5.69 Å². The highest BCUT2D eigenvalue weighted by atomic mass is 16.6. The summed E-state index contributed by atoms with van der Waals surface area (Å²) < 4.78 is 5.95. The molecule has 0 spiro atoms. The van der Waals surface area contributed by atoms with Crippen molar-refractivity contribution in [1.82, 2.24) is 14.9 Å². The molecule has 0 radical (unpaired) electrons. The zero-order chi connectivity index (χ0) is 19.6. The molecule has 1 amide bonds. The second kappa shape index (κ2) is 7.69. The van der Waals surface area contributed by atoms with Gasteiger partial charge in [-0.05, 0) is 26.8 Å². The average Bonchev–Trinajstić information content (AvgIpc) is 2.61. The lowest BCUT2D eigenvalue weighted by atomic mass is 10.0. The summed E-state index contributed by atoms with van der Waals surface area (Å²) in [5, 5.41) is 11.1. The molecular formula is C19H22N4O4. The maximum absolute atomic E-state index is 12.8. The lowest BCUT2D eigenvalue weighted by molar-refractivity contribution is -0.385. The van der Waals surface area contributed by atoms with Crippen molar-refractivity contribution in [3.63, 3.8) is 0 Å². The lowest BCUT2D eigenvalue weighted by Crippen LogP contribution is -2.42. The van der Waals surface area contributed by atoms with E-state index in [0.29, 0.717) is 48.8 Å². The van der Waals surface area contributed by atoms with Gasteiger partial charge >= 0.3 is 0 Å². The summed E-state index contributed by atoms with van der Waals surface area (Å²) >= 11 is 0. The smallest absolute Gasteiger partial charge is 0.273 e. The van der Waals surface area contributed by atoms with Crippen LogP contribution >= 0.6 is 0 Å². The molecule has 1 aromatic carbocycles. The van der Waals surface area contributed by atoms with E-state index in [1.165, 1.54) is 6.07 Å². The van der Waals surface area contributed by atoms with Gasteiger partial charge in [-0.3, -0.25) is 14.9 Å². The standard InChI is InChI=1S/C19H22N4O4/c1-12-11-18(21-14(3)20-12)27-15-7-9-22(10-8-15)19(24)16-5-4-6-17(13(16)2)23(25)26/h4-6,11,15H,7-10H2,1-3H3. The number of piperidine rings is 1. The average molecular weight is 370 g/mol. The van der Waals surface area contributed by atoms with Gasteiger partial charge in [0.25, 0.3) is 11.6 Å². The third kappa shape index (κ3) is 4.21. The van der Waals surface area contributed by atoms with Crippen LogP contribution in [-0.2, 0) is 0 Å². The molecule has 2 aromatic rings. The van der Waals surface area contributed by atoms with Gasteiger partial charge in [-0.1, -0.05) is 6.07 Å². The van der Waals surface area contributed by atoms with Crippen LogP contribution in [0.25, 0.3) is 0 Å².